The van der Waals surface area contributed by atoms with Crippen molar-refractivity contribution in [1.29, 1.82) is 0 Å². The van der Waals surface area contributed by atoms with Crippen molar-refractivity contribution < 1.29 is 5.11 Å². The second kappa shape index (κ2) is 3.54. The molecule has 1 N–H and O–H groups in total. The summed E-state index contributed by atoms with van der Waals surface area (Å²) < 4.78 is 0. The van der Waals surface area contributed by atoms with E-state index < -0.39 is 0 Å². The Hall–Kier alpha value is -0.448. The van der Waals surface area contributed by atoms with Crippen molar-refractivity contribution in [2.24, 2.45) is 0 Å². The van der Waals surface area contributed by atoms with Crippen molar-refractivity contribution in [3.05, 3.63) is 30.3 Å². The highest BCUT2D eigenvalue weighted by atomic mass is 27.0. The van der Waals surface area contributed by atoms with E-state index in [0.717, 1.165) is 0 Å². The van der Waals surface area contributed by atoms with Crippen molar-refractivity contribution in [3.8, 4) is 5.75 Å². The molecule has 0 aliphatic heterocycles. The minimum Gasteiger partial charge on any atom is -0.508 e. The molecule has 0 atom stereocenters. The fourth-order valence-corrected chi connectivity index (χ4v) is 0.378. The smallest absolute Gasteiger partial charge is 0.187 e. The Labute approximate surface area is 59.1 Å². The SMILES string of the molecule is Oc1cc[c]cc1.[AlH3]. The van der Waals surface area contributed by atoms with Crippen molar-refractivity contribution in [2.75, 3.05) is 0 Å². The molecule has 0 amide bonds. The van der Waals surface area contributed by atoms with Gasteiger partial charge < -0.3 is 5.11 Å². The second-order valence-electron chi connectivity index (χ2n) is 1.26. The summed E-state index contributed by atoms with van der Waals surface area (Å²) >= 11 is 0. The fraction of sp³-hybridized carbons (Fsp3) is 0. The van der Waals surface area contributed by atoms with E-state index in [1.807, 2.05) is 0 Å². The predicted octanol–water partition coefficient (Wildman–Crippen LogP) is 0.00849. The maximum absolute atomic E-state index is 8.61. The molecule has 0 aliphatic carbocycles. The average molecular weight is 123 g/mol. The number of hydrogen-bond donors (Lipinski definition) is 1. The van der Waals surface area contributed by atoms with Gasteiger partial charge in [-0.05, 0) is 18.2 Å². The molecule has 0 bridgehead atoms. The molecule has 1 nitrogen and oxygen atoms in total. The number of phenols is 1. The Bertz CT molecular complexity index is 138. The highest BCUT2D eigenvalue weighted by Gasteiger charge is 1.75. The molecule has 1 rings (SSSR count). The van der Waals surface area contributed by atoms with Gasteiger partial charge in [0.1, 0.15) is 5.75 Å². The third kappa shape index (κ3) is 2.02. The van der Waals surface area contributed by atoms with Gasteiger partial charge >= 0.3 is 0 Å². The molecular formula is C6H8AlO. The van der Waals surface area contributed by atoms with E-state index in [9.17, 15) is 0 Å². The largest absolute Gasteiger partial charge is 0.508 e. The van der Waals surface area contributed by atoms with E-state index in [-0.39, 0.29) is 17.4 Å². The van der Waals surface area contributed by atoms with Crippen LogP contribution in [0.15, 0.2) is 24.3 Å². The third-order valence-electron chi connectivity index (χ3n) is 0.701. The predicted molar refractivity (Wildman–Crippen MR) is 36.9 cm³/mol. The fourth-order valence-electron chi connectivity index (χ4n) is 0.378. The Kier molecular flexibility index (Phi) is 3.34. The van der Waals surface area contributed by atoms with Crippen molar-refractivity contribution in [3.63, 3.8) is 0 Å². The lowest BCUT2D eigenvalue weighted by atomic mass is 10.3. The van der Waals surface area contributed by atoms with Gasteiger partial charge in [-0.15, -0.1) is 0 Å². The molecule has 8 heavy (non-hydrogen) atoms. The van der Waals surface area contributed by atoms with Gasteiger partial charge in [0.25, 0.3) is 0 Å². The van der Waals surface area contributed by atoms with Crippen LogP contribution in [0.2, 0.25) is 0 Å². The zero-order chi connectivity index (χ0) is 5.11. The Balaban J connectivity index is 0.000000490. The van der Waals surface area contributed by atoms with Crippen molar-refractivity contribution >= 4 is 17.4 Å². The quantitative estimate of drug-likeness (QED) is 0.482. The average Bonchev–Trinajstić information content (AvgIpc) is 1.69. The summed E-state index contributed by atoms with van der Waals surface area (Å²) in [6.45, 7) is 0. The van der Waals surface area contributed by atoms with Gasteiger partial charge in [-0.1, -0.05) is 12.1 Å². The van der Waals surface area contributed by atoms with Gasteiger partial charge in [0.15, 0.2) is 17.4 Å². The van der Waals surface area contributed by atoms with Crippen LogP contribution < -0.4 is 0 Å². The van der Waals surface area contributed by atoms with Crippen LogP contribution >= 0.6 is 0 Å². The van der Waals surface area contributed by atoms with Crippen LogP contribution in [0.25, 0.3) is 0 Å². The van der Waals surface area contributed by atoms with Gasteiger partial charge in [0, 0.05) is 0 Å². The van der Waals surface area contributed by atoms with Gasteiger partial charge in [0.05, 0.1) is 0 Å². The van der Waals surface area contributed by atoms with Gasteiger partial charge in [-0.2, -0.15) is 0 Å². The minimum atomic E-state index is 0. The van der Waals surface area contributed by atoms with Gasteiger partial charge in [-0.25, -0.2) is 0 Å². The summed E-state index contributed by atoms with van der Waals surface area (Å²) in [4.78, 5) is 0. The summed E-state index contributed by atoms with van der Waals surface area (Å²) in [5, 5.41) is 8.61. The van der Waals surface area contributed by atoms with Crippen LogP contribution in [0.1, 0.15) is 0 Å². The molecular weight excluding hydrogens is 115 g/mol. The molecule has 1 aromatic rings. The summed E-state index contributed by atoms with van der Waals surface area (Å²) in [5.41, 5.74) is 0. The van der Waals surface area contributed by atoms with Crippen LogP contribution in [0.5, 0.6) is 5.75 Å². The van der Waals surface area contributed by atoms with Crippen LogP contribution in [-0.2, 0) is 0 Å². The first kappa shape index (κ1) is 7.55. The molecule has 41 valence electrons. The summed E-state index contributed by atoms with van der Waals surface area (Å²) in [6.07, 6.45) is 0. The van der Waals surface area contributed by atoms with E-state index >= 15 is 0 Å². The number of hydrogen-bond acceptors (Lipinski definition) is 1. The lowest BCUT2D eigenvalue weighted by Crippen LogP contribution is -1.57. The normalized spacial score (nSPS) is 7.50. The molecule has 0 heterocycles. The molecule has 0 spiro atoms. The van der Waals surface area contributed by atoms with E-state index in [4.69, 9.17) is 5.11 Å². The first-order chi connectivity index (χ1) is 3.39. The number of rotatable bonds is 0. The van der Waals surface area contributed by atoms with E-state index in [1.165, 1.54) is 0 Å². The lowest BCUT2D eigenvalue weighted by Gasteiger charge is -1.81. The van der Waals surface area contributed by atoms with E-state index in [0.29, 0.717) is 5.75 Å². The zero-order valence-electron chi connectivity index (χ0n) is 3.76. The standard InChI is InChI=1S/C6H5O.Al.3H/c7-6-4-2-1-3-5-6;;;;/h2-5,7H;;;;. The van der Waals surface area contributed by atoms with Crippen molar-refractivity contribution in [2.45, 2.75) is 0 Å². The summed E-state index contributed by atoms with van der Waals surface area (Å²) in [6, 6.07) is 9.26. The lowest BCUT2D eigenvalue weighted by molar-refractivity contribution is 0.475. The third-order valence-corrected chi connectivity index (χ3v) is 0.701. The summed E-state index contributed by atoms with van der Waals surface area (Å²) in [5.74, 6) is 0.291. The van der Waals surface area contributed by atoms with Crippen LogP contribution in [0.3, 0.4) is 0 Å². The maximum atomic E-state index is 8.61. The topological polar surface area (TPSA) is 20.2 Å². The van der Waals surface area contributed by atoms with Crippen LogP contribution in [0.4, 0.5) is 0 Å². The van der Waals surface area contributed by atoms with Gasteiger partial charge in [-0.3, -0.25) is 0 Å². The van der Waals surface area contributed by atoms with E-state index in [2.05, 4.69) is 6.07 Å². The molecule has 0 aliphatic rings. The Morgan fingerprint density at radius 3 is 2.00 bits per heavy atom. The monoisotopic (exact) mass is 123 g/mol. The molecule has 0 saturated heterocycles. The number of benzene rings is 1. The highest BCUT2D eigenvalue weighted by Crippen LogP contribution is 2.02. The number of phenolic OH excluding ortho intramolecular Hbond substituents is 1. The Morgan fingerprint density at radius 2 is 1.75 bits per heavy atom. The maximum Gasteiger partial charge on any atom is 0.187 e. The summed E-state index contributed by atoms with van der Waals surface area (Å²) in [7, 11) is 0. The van der Waals surface area contributed by atoms with Crippen LogP contribution in [-0.4, -0.2) is 22.5 Å². The first-order valence-electron chi connectivity index (χ1n) is 2.04. The first-order valence-corrected chi connectivity index (χ1v) is 2.04. The number of aromatic hydroxyl groups is 1. The molecule has 0 unspecified atom stereocenters. The second-order valence-corrected chi connectivity index (χ2v) is 1.26. The molecule has 1 aromatic carbocycles. The Morgan fingerprint density at radius 1 is 1.25 bits per heavy atom. The molecule has 0 aromatic heterocycles. The van der Waals surface area contributed by atoms with E-state index in [1.54, 1.807) is 24.3 Å². The minimum absolute atomic E-state index is 0. The highest BCUT2D eigenvalue weighted by molar-refractivity contribution is 5.75. The zero-order valence-corrected chi connectivity index (χ0v) is 3.76. The molecule has 0 fully saturated rings. The molecule has 0 saturated carbocycles. The van der Waals surface area contributed by atoms with Crippen molar-refractivity contribution in [1.82, 2.24) is 0 Å². The molecule has 2 heteroatoms. The molecule has 1 radical (unpaired) electrons. The van der Waals surface area contributed by atoms with Gasteiger partial charge in [0.2, 0.25) is 0 Å². The van der Waals surface area contributed by atoms with Crippen LogP contribution in [0, 0.1) is 6.07 Å².